The van der Waals surface area contributed by atoms with E-state index in [1.54, 1.807) is 6.07 Å². The summed E-state index contributed by atoms with van der Waals surface area (Å²) in [6, 6.07) is 3.64. The van der Waals surface area contributed by atoms with Gasteiger partial charge in [0.1, 0.15) is 5.75 Å². The monoisotopic (exact) mass is 233 g/mol. The highest BCUT2D eigenvalue weighted by Crippen LogP contribution is 2.40. The van der Waals surface area contributed by atoms with Crippen LogP contribution in [-0.2, 0) is 4.79 Å². The molecule has 0 aliphatic heterocycles. The molecular weight excluding hydrogens is 218 g/mol. The first-order valence-electron chi connectivity index (χ1n) is 5.58. The van der Waals surface area contributed by atoms with Crippen molar-refractivity contribution in [3.8, 4) is 5.75 Å². The Morgan fingerprint density at radius 1 is 1.53 bits per heavy atom. The third kappa shape index (κ3) is 2.02. The number of amides is 1. The Morgan fingerprint density at radius 3 is 2.88 bits per heavy atom. The fourth-order valence-corrected chi connectivity index (χ4v) is 2.38. The van der Waals surface area contributed by atoms with E-state index in [4.69, 9.17) is 10.5 Å². The van der Waals surface area contributed by atoms with Gasteiger partial charge in [0.15, 0.2) is 12.4 Å². The van der Waals surface area contributed by atoms with Crippen molar-refractivity contribution in [2.45, 2.75) is 26.2 Å². The average Bonchev–Trinajstić information content (AvgIpc) is 2.55. The van der Waals surface area contributed by atoms with Gasteiger partial charge in [-0.25, -0.2) is 0 Å². The lowest BCUT2D eigenvalue weighted by Crippen LogP contribution is -2.20. The van der Waals surface area contributed by atoms with Gasteiger partial charge in [-0.3, -0.25) is 9.59 Å². The molecule has 4 heteroatoms. The van der Waals surface area contributed by atoms with Crippen molar-refractivity contribution in [1.29, 1.82) is 0 Å². The van der Waals surface area contributed by atoms with Crippen LogP contribution in [0.1, 0.15) is 40.7 Å². The average molecular weight is 233 g/mol. The number of fused-ring (bicyclic) bond motifs is 1. The maximum atomic E-state index is 11.9. The molecule has 90 valence electrons. The van der Waals surface area contributed by atoms with Crippen molar-refractivity contribution < 1.29 is 14.3 Å². The molecular formula is C13H15NO3. The molecule has 1 aromatic rings. The number of nitrogens with two attached hydrogens (primary N) is 1. The van der Waals surface area contributed by atoms with Crippen LogP contribution in [0.5, 0.6) is 5.75 Å². The number of Topliss-reactive ketones (excluding diaryl/α,β-unsaturated/α-hetero) is 1. The predicted octanol–water partition coefficient (Wildman–Crippen LogP) is 1.55. The summed E-state index contributed by atoms with van der Waals surface area (Å²) in [7, 11) is 0. The summed E-state index contributed by atoms with van der Waals surface area (Å²) in [6.45, 7) is 3.80. The maximum Gasteiger partial charge on any atom is 0.255 e. The van der Waals surface area contributed by atoms with E-state index >= 15 is 0 Å². The van der Waals surface area contributed by atoms with E-state index in [0.717, 1.165) is 11.1 Å². The van der Waals surface area contributed by atoms with Gasteiger partial charge in [-0.2, -0.15) is 0 Å². The number of hydrogen-bond acceptors (Lipinski definition) is 3. The van der Waals surface area contributed by atoms with E-state index in [9.17, 15) is 9.59 Å². The number of benzene rings is 1. The van der Waals surface area contributed by atoms with E-state index in [1.807, 2.05) is 19.9 Å². The molecule has 1 aliphatic rings. The van der Waals surface area contributed by atoms with Crippen molar-refractivity contribution in [1.82, 2.24) is 0 Å². The van der Waals surface area contributed by atoms with Gasteiger partial charge in [0, 0.05) is 6.42 Å². The molecule has 0 spiro atoms. The second-order valence-corrected chi connectivity index (χ2v) is 4.45. The Balaban J connectivity index is 2.42. The van der Waals surface area contributed by atoms with Crippen LogP contribution in [-0.4, -0.2) is 18.3 Å². The van der Waals surface area contributed by atoms with Crippen LogP contribution in [0.15, 0.2) is 12.1 Å². The highest BCUT2D eigenvalue weighted by atomic mass is 16.5. The maximum absolute atomic E-state index is 11.9. The van der Waals surface area contributed by atoms with Gasteiger partial charge in [-0.15, -0.1) is 0 Å². The molecule has 2 N–H and O–H groups in total. The molecule has 1 aliphatic carbocycles. The molecule has 17 heavy (non-hydrogen) atoms. The zero-order valence-corrected chi connectivity index (χ0v) is 9.95. The van der Waals surface area contributed by atoms with E-state index in [0.29, 0.717) is 17.7 Å². The number of carbonyl (C=O) groups excluding carboxylic acids is 2. The Hall–Kier alpha value is -1.84. The summed E-state index contributed by atoms with van der Waals surface area (Å²) in [4.78, 5) is 22.6. The largest absolute Gasteiger partial charge is 0.483 e. The number of carbonyl (C=O) groups is 2. The number of primary amides is 1. The quantitative estimate of drug-likeness (QED) is 0.861. The van der Waals surface area contributed by atoms with Gasteiger partial charge in [-0.1, -0.05) is 13.0 Å². The van der Waals surface area contributed by atoms with Gasteiger partial charge >= 0.3 is 0 Å². The molecule has 1 unspecified atom stereocenters. The number of aryl methyl sites for hydroxylation is 1. The Bertz CT molecular complexity index is 494. The number of ketones is 1. The first-order chi connectivity index (χ1) is 8.00. The highest BCUT2D eigenvalue weighted by Gasteiger charge is 2.31. The van der Waals surface area contributed by atoms with Crippen molar-refractivity contribution >= 4 is 11.7 Å². The second kappa shape index (κ2) is 4.20. The van der Waals surface area contributed by atoms with Crippen LogP contribution in [0, 0.1) is 6.92 Å². The van der Waals surface area contributed by atoms with E-state index < -0.39 is 5.91 Å². The second-order valence-electron chi connectivity index (χ2n) is 4.45. The van der Waals surface area contributed by atoms with Crippen molar-refractivity contribution in [3.05, 3.63) is 28.8 Å². The molecule has 0 radical (unpaired) electrons. The SMILES string of the molecule is Cc1ccc(OCC(N)=O)c2c1C(C)CC2=O. The molecule has 0 saturated heterocycles. The minimum atomic E-state index is -0.544. The smallest absolute Gasteiger partial charge is 0.255 e. The lowest BCUT2D eigenvalue weighted by atomic mass is 9.97. The number of hydrogen-bond donors (Lipinski definition) is 1. The van der Waals surface area contributed by atoms with Crippen LogP contribution in [0.25, 0.3) is 0 Å². The number of ether oxygens (including phenoxy) is 1. The summed E-state index contributed by atoms with van der Waals surface area (Å²) in [5.41, 5.74) is 7.78. The van der Waals surface area contributed by atoms with Crippen molar-refractivity contribution in [2.75, 3.05) is 6.61 Å². The van der Waals surface area contributed by atoms with Crippen molar-refractivity contribution in [3.63, 3.8) is 0 Å². The van der Waals surface area contributed by atoms with E-state index in [2.05, 4.69) is 0 Å². The molecule has 1 amide bonds. The molecule has 0 bridgehead atoms. The molecule has 1 aromatic carbocycles. The van der Waals surface area contributed by atoms with Crippen LogP contribution >= 0.6 is 0 Å². The first-order valence-corrected chi connectivity index (χ1v) is 5.58. The predicted molar refractivity (Wildman–Crippen MR) is 63.2 cm³/mol. The highest BCUT2D eigenvalue weighted by molar-refractivity contribution is 6.04. The molecule has 0 heterocycles. The summed E-state index contributed by atoms with van der Waals surface area (Å²) in [5.74, 6) is 0.224. The zero-order valence-electron chi connectivity index (χ0n) is 9.95. The standard InChI is InChI=1S/C13H15NO3/c1-7-3-4-10(17-6-11(14)16)13-9(15)5-8(2)12(7)13/h3-4,8H,5-6H2,1-2H3,(H2,14,16). The van der Waals surface area contributed by atoms with Gasteiger partial charge in [0.2, 0.25) is 0 Å². The van der Waals surface area contributed by atoms with E-state index in [-0.39, 0.29) is 18.3 Å². The lowest BCUT2D eigenvalue weighted by Gasteiger charge is -2.12. The summed E-state index contributed by atoms with van der Waals surface area (Å²) in [6.07, 6.45) is 0.507. The van der Waals surface area contributed by atoms with Crippen LogP contribution < -0.4 is 10.5 Å². The molecule has 0 saturated carbocycles. The normalized spacial score (nSPS) is 18.0. The zero-order chi connectivity index (χ0) is 12.6. The minimum absolute atomic E-state index is 0.0793. The minimum Gasteiger partial charge on any atom is -0.483 e. The molecule has 4 nitrogen and oxygen atoms in total. The fraction of sp³-hybridized carbons (Fsp3) is 0.385. The fourth-order valence-electron chi connectivity index (χ4n) is 2.38. The first kappa shape index (κ1) is 11.6. The van der Waals surface area contributed by atoms with Gasteiger partial charge in [0.25, 0.3) is 5.91 Å². The van der Waals surface area contributed by atoms with Crippen LogP contribution in [0.3, 0.4) is 0 Å². The Kier molecular flexibility index (Phi) is 2.88. The molecule has 0 aromatic heterocycles. The molecule has 2 rings (SSSR count). The van der Waals surface area contributed by atoms with Gasteiger partial charge in [-0.05, 0) is 30.0 Å². The summed E-state index contributed by atoms with van der Waals surface area (Å²) < 4.78 is 5.29. The van der Waals surface area contributed by atoms with Crippen LogP contribution in [0.2, 0.25) is 0 Å². The third-order valence-corrected chi connectivity index (χ3v) is 3.06. The van der Waals surface area contributed by atoms with Gasteiger partial charge < -0.3 is 10.5 Å². The Morgan fingerprint density at radius 2 is 2.24 bits per heavy atom. The third-order valence-electron chi connectivity index (χ3n) is 3.06. The van der Waals surface area contributed by atoms with E-state index in [1.165, 1.54) is 0 Å². The lowest BCUT2D eigenvalue weighted by molar-refractivity contribution is -0.119. The summed E-state index contributed by atoms with van der Waals surface area (Å²) >= 11 is 0. The molecule has 1 atom stereocenters. The van der Waals surface area contributed by atoms with Crippen molar-refractivity contribution in [2.24, 2.45) is 5.73 Å². The Labute approximate surface area is 99.8 Å². The summed E-state index contributed by atoms with van der Waals surface area (Å²) in [5, 5.41) is 0. The molecule has 0 fully saturated rings. The van der Waals surface area contributed by atoms with Gasteiger partial charge in [0.05, 0.1) is 5.56 Å². The number of rotatable bonds is 3. The topological polar surface area (TPSA) is 69.4 Å². The van der Waals surface area contributed by atoms with Crippen LogP contribution in [0.4, 0.5) is 0 Å².